The topological polar surface area (TPSA) is 26.0 Å². The van der Waals surface area contributed by atoms with Crippen molar-refractivity contribution in [3.8, 4) is 0 Å². The van der Waals surface area contributed by atoms with Crippen molar-refractivity contribution in [2.75, 3.05) is 6.54 Å². The Morgan fingerprint density at radius 3 is 2.40 bits per heavy atom. The molecule has 0 aromatic carbocycles. The predicted molar refractivity (Wildman–Crippen MR) is 51.3 cm³/mol. The van der Waals surface area contributed by atoms with E-state index < -0.39 is 0 Å². The van der Waals surface area contributed by atoms with Gasteiger partial charge >= 0.3 is 0 Å². The van der Waals surface area contributed by atoms with Gasteiger partial charge < -0.3 is 5.73 Å². The standard InChI is InChI=1S/C8H20NP/c1-3-4-5-8(2,10)6-7-9/h3-7,9-10H2,1-2H3. The predicted octanol–water partition coefficient (Wildman–Crippen LogP) is 2.16. The van der Waals surface area contributed by atoms with E-state index in [1.165, 1.54) is 19.3 Å². The lowest BCUT2D eigenvalue weighted by molar-refractivity contribution is 0.523. The zero-order valence-electron chi connectivity index (χ0n) is 7.19. The van der Waals surface area contributed by atoms with Gasteiger partial charge in [0.2, 0.25) is 0 Å². The fourth-order valence-corrected chi connectivity index (χ4v) is 1.41. The SMILES string of the molecule is CCCCC(C)(P)CCN. The minimum atomic E-state index is 0.394. The van der Waals surface area contributed by atoms with Crippen molar-refractivity contribution in [3.63, 3.8) is 0 Å². The molecule has 2 N–H and O–H groups in total. The zero-order chi connectivity index (χ0) is 8.04. The van der Waals surface area contributed by atoms with E-state index in [4.69, 9.17) is 5.73 Å². The molecule has 0 aromatic heterocycles. The van der Waals surface area contributed by atoms with Crippen LogP contribution in [-0.2, 0) is 0 Å². The maximum atomic E-state index is 5.47. The highest BCUT2D eigenvalue weighted by Gasteiger charge is 2.15. The molecule has 0 amide bonds. The maximum absolute atomic E-state index is 5.47. The molecular weight excluding hydrogens is 141 g/mol. The summed E-state index contributed by atoms with van der Waals surface area (Å²) in [5.74, 6) is 0. The molecule has 0 aromatic rings. The van der Waals surface area contributed by atoms with E-state index in [9.17, 15) is 0 Å². The summed E-state index contributed by atoms with van der Waals surface area (Å²) in [5.41, 5.74) is 5.47. The molecule has 62 valence electrons. The van der Waals surface area contributed by atoms with Crippen molar-refractivity contribution >= 4 is 9.24 Å². The lowest BCUT2D eigenvalue weighted by Crippen LogP contribution is -2.20. The summed E-state index contributed by atoms with van der Waals surface area (Å²) in [7, 11) is 2.91. The maximum Gasteiger partial charge on any atom is -0.00689 e. The van der Waals surface area contributed by atoms with Gasteiger partial charge in [0.1, 0.15) is 0 Å². The van der Waals surface area contributed by atoms with Crippen LogP contribution in [0.4, 0.5) is 0 Å². The summed E-state index contributed by atoms with van der Waals surface area (Å²) in [6, 6.07) is 0. The van der Waals surface area contributed by atoms with Crippen LogP contribution < -0.4 is 5.73 Å². The molecule has 0 radical (unpaired) electrons. The van der Waals surface area contributed by atoms with Crippen molar-refractivity contribution in [1.82, 2.24) is 0 Å². The Morgan fingerprint density at radius 1 is 1.40 bits per heavy atom. The molecule has 0 saturated heterocycles. The van der Waals surface area contributed by atoms with Crippen LogP contribution in [0.5, 0.6) is 0 Å². The van der Waals surface area contributed by atoms with Crippen molar-refractivity contribution in [2.24, 2.45) is 5.73 Å². The molecule has 0 heterocycles. The van der Waals surface area contributed by atoms with Crippen molar-refractivity contribution in [2.45, 2.75) is 44.7 Å². The molecule has 0 aliphatic heterocycles. The Bertz CT molecular complexity index is 81.3. The Kier molecular flexibility index (Phi) is 5.29. The van der Waals surface area contributed by atoms with Gasteiger partial charge in [-0.05, 0) is 24.5 Å². The van der Waals surface area contributed by atoms with Crippen molar-refractivity contribution in [1.29, 1.82) is 0 Å². The van der Waals surface area contributed by atoms with E-state index in [0.29, 0.717) is 5.16 Å². The van der Waals surface area contributed by atoms with E-state index >= 15 is 0 Å². The minimum Gasteiger partial charge on any atom is -0.330 e. The van der Waals surface area contributed by atoms with Gasteiger partial charge in [-0.25, -0.2) is 0 Å². The molecule has 0 bridgehead atoms. The second-order valence-corrected chi connectivity index (χ2v) is 4.69. The van der Waals surface area contributed by atoms with Crippen molar-refractivity contribution < 1.29 is 0 Å². The quantitative estimate of drug-likeness (QED) is 0.614. The van der Waals surface area contributed by atoms with E-state index in [-0.39, 0.29) is 0 Å². The summed E-state index contributed by atoms with van der Waals surface area (Å²) >= 11 is 0. The number of rotatable bonds is 5. The second-order valence-electron chi connectivity index (χ2n) is 3.30. The smallest absolute Gasteiger partial charge is 0.00689 e. The average Bonchev–Trinajstić information content (AvgIpc) is 1.84. The van der Waals surface area contributed by atoms with Gasteiger partial charge in [0.15, 0.2) is 0 Å². The molecule has 0 spiro atoms. The van der Waals surface area contributed by atoms with Crippen LogP contribution in [0.15, 0.2) is 0 Å². The van der Waals surface area contributed by atoms with Gasteiger partial charge in [0, 0.05) is 0 Å². The third kappa shape index (κ3) is 5.20. The Labute approximate surface area is 67.0 Å². The molecular formula is C8H20NP. The second kappa shape index (κ2) is 5.09. The summed E-state index contributed by atoms with van der Waals surface area (Å²) in [5, 5.41) is 0.394. The number of hydrogen-bond acceptors (Lipinski definition) is 1. The van der Waals surface area contributed by atoms with Crippen LogP contribution in [-0.4, -0.2) is 11.7 Å². The lowest BCUT2D eigenvalue weighted by atomic mass is 10.00. The van der Waals surface area contributed by atoms with E-state index in [1.54, 1.807) is 0 Å². The van der Waals surface area contributed by atoms with Crippen LogP contribution in [0.2, 0.25) is 0 Å². The lowest BCUT2D eigenvalue weighted by Gasteiger charge is -2.22. The monoisotopic (exact) mass is 161 g/mol. The fourth-order valence-electron chi connectivity index (χ4n) is 1.04. The first kappa shape index (κ1) is 10.4. The Morgan fingerprint density at radius 2 is 2.00 bits per heavy atom. The Hall–Kier alpha value is 0.390. The zero-order valence-corrected chi connectivity index (χ0v) is 8.34. The molecule has 0 rings (SSSR count). The normalized spacial score (nSPS) is 16.8. The van der Waals surface area contributed by atoms with Gasteiger partial charge in [-0.15, -0.1) is 9.24 Å². The molecule has 0 aliphatic rings. The van der Waals surface area contributed by atoms with Crippen LogP contribution in [0, 0.1) is 0 Å². The van der Waals surface area contributed by atoms with Gasteiger partial charge in [-0.2, -0.15) is 0 Å². The van der Waals surface area contributed by atoms with E-state index in [1.807, 2.05) is 0 Å². The third-order valence-corrected chi connectivity index (χ3v) is 2.39. The first-order valence-corrected chi connectivity index (χ1v) is 4.69. The number of hydrogen-bond donors (Lipinski definition) is 1. The summed E-state index contributed by atoms with van der Waals surface area (Å²) in [4.78, 5) is 0. The first-order valence-electron chi connectivity index (χ1n) is 4.11. The minimum absolute atomic E-state index is 0.394. The highest BCUT2D eigenvalue weighted by Crippen LogP contribution is 2.27. The molecule has 10 heavy (non-hydrogen) atoms. The van der Waals surface area contributed by atoms with E-state index in [2.05, 4.69) is 23.1 Å². The van der Waals surface area contributed by atoms with Crippen LogP contribution in [0.25, 0.3) is 0 Å². The van der Waals surface area contributed by atoms with Crippen molar-refractivity contribution in [3.05, 3.63) is 0 Å². The third-order valence-electron chi connectivity index (χ3n) is 1.82. The summed E-state index contributed by atoms with van der Waals surface area (Å²) < 4.78 is 0. The Balaban J connectivity index is 3.42. The van der Waals surface area contributed by atoms with Gasteiger partial charge in [-0.1, -0.05) is 26.7 Å². The summed E-state index contributed by atoms with van der Waals surface area (Å²) in [6.45, 7) is 5.30. The first-order chi connectivity index (χ1) is 4.62. The van der Waals surface area contributed by atoms with Gasteiger partial charge in [0.25, 0.3) is 0 Å². The van der Waals surface area contributed by atoms with Gasteiger partial charge in [0.05, 0.1) is 0 Å². The molecule has 0 saturated carbocycles. The van der Waals surface area contributed by atoms with Crippen LogP contribution in [0.3, 0.4) is 0 Å². The number of unbranched alkanes of at least 4 members (excludes halogenated alkanes) is 1. The van der Waals surface area contributed by atoms with Crippen LogP contribution >= 0.6 is 9.24 Å². The fraction of sp³-hybridized carbons (Fsp3) is 1.00. The van der Waals surface area contributed by atoms with E-state index in [0.717, 1.165) is 13.0 Å². The van der Waals surface area contributed by atoms with Crippen LogP contribution in [0.1, 0.15) is 39.5 Å². The molecule has 2 atom stereocenters. The average molecular weight is 161 g/mol. The van der Waals surface area contributed by atoms with Gasteiger partial charge in [-0.3, -0.25) is 0 Å². The number of nitrogens with two attached hydrogens (primary N) is 1. The summed E-state index contributed by atoms with van der Waals surface area (Å²) in [6.07, 6.45) is 5.01. The molecule has 0 aliphatic carbocycles. The highest BCUT2D eigenvalue weighted by atomic mass is 31.0. The molecule has 0 fully saturated rings. The highest BCUT2D eigenvalue weighted by molar-refractivity contribution is 7.18. The molecule has 2 heteroatoms. The molecule has 1 nitrogen and oxygen atoms in total. The largest absolute Gasteiger partial charge is 0.330 e. The molecule has 2 unspecified atom stereocenters.